The van der Waals surface area contributed by atoms with Gasteiger partial charge in [0.25, 0.3) is 0 Å². The van der Waals surface area contributed by atoms with E-state index in [1.807, 2.05) is 19.2 Å². The molecule has 0 aliphatic carbocycles. The van der Waals surface area contributed by atoms with Crippen LogP contribution in [-0.2, 0) is 6.54 Å². The molecule has 7 nitrogen and oxygen atoms in total. The minimum Gasteiger partial charge on any atom is -0.346 e. The van der Waals surface area contributed by atoms with E-state index in [1.54, 1.807) is 4.80 Å². The quantitative estimate of drug-likeness (QED) is 0.723. The van der Waals surface area contributed by atoms with Crippen molar-refractivity contribution in [3.63, 3.8) is 0 Å². The van der Waals surface area contributed by atoms with Gasteiger partial charge in [-0.3, -0.25) is 0 Å². The van der Waals surface area contributed by atoms with E-state index in [0.717, 1.165) is 41.0 Å². The number of nitriles is 1. The van der Waals surface area contributed by atoms with Crippen molar-refractivity contribution < 1.29 is 0 Å². The number of unbranched alkanes of at least 4 members (excludes halogenated alkanes) is 2. The zero-order chi connectivity index (χ0) is 14.7. The lowest BCUT2D eigenvalue weighted by Crippen LogP contribution is -2.02. The Morgan fingerprint density at radius 1 is 1.24 bits per heavy atom. The normalized spacial score (nSPS) is 10.9. The maximum absolute atomic E-state index is 8.54. The number of nitrogens with zero attached hydrogens (tertiary/aromatic N) is 6. The maximum Gasteiger partial charge on any atom is 0.141 e. The van der Waals surface area contributed by atoms with Crippen LogP contribution in [0.15, 0.2) is 18.6 Å². The zero-order valence-electron chi connectivity index (χ0n) is 11.7. The molecule has 21 heavy (non-hydrogen) atoms. The molecule has 3 rings (SSSR count). The van der Waals surface area contributed by atoms with E-state index in [0.29, 0.717) is 13.0 Å². The number of fused-ring (bicyclic) bond motifs is 1. The van der Waals surface area contributed by atoms with E-state index in [9.17, 15) is 0 Å². The molecule has 0 unspecified atom stereocenters. The summed E-state index contributed by atoms with van der Waals surface area (Å²) in [6.45, 7) is 2.64. The number of aromatic amines is 1. The van der Waals surface area contributed by atoms with E-state index < -0.39 is 0 Å². The van der Waals surface area contributed by atoms with Gasteiger partial charge in [0, 0.05) is 18.0 Å². The first-order chi connectivity index (χ1) is 10.3. The first kappa shape index (κ1) is 13.2. The fourth-order valence-corrected chi connectivity index (χ4v) is 2.27. The Balaban J connectivity index is 1.87. The van der Waals surface area contributed by atoms with E-state index >= 15 is 0 Å². The van der Waals surface area contributed by atoms with E-state index in [1.165, 1.54) is 6.33 Å². The van der Waals surface area contributed by atoms with Crippen LogP contribution in [0.1, 0.15) is 25.0 Å². The second kappa shape index (κ2) is 5.71. The summed E-state index contributed by atoms with van der Waals surface area (Å²) in [6.07, 6.45) is 5.69. The average molecular weight is 281 g/mol. The molecular formula is C14H15N7. The molecule has 0 aliphatic rings. The third kappa shape index (κ3) is 2.60. The van der Waals surface area contributed by atoms with Crippen molar-refractivity contribution in [2.45, 2.75) is 32.7 Å². The van der Waals surface area contributed by atoms with Crippen LogP contribution in [0.4, 0.5) is 0 Å². The predicted octanol–water partition coefficient (Wildman–Crippen LogP) is 2.22. The third-order valence-corrected chi connectivity index (χ3v) is 3.30. The average Bonchev–Trinajstić information content (AvgIpc) is 3.09. The molecule has 0 fully saturated rings. The fourth-order valence-electron chi connectivity index (χ4n) is 2.27. The summed E-state index contributed by atoms with van der Waals surface area (Å²) >= 11 is 0. The SMILES string of the molecule is Cc1nn(CCCCC#N)nc1-c1ncnc2[nH]ccc12. The smallest absolute Gasteiger partial charge is 0.141 e. The molecule has 0 saturated carbocycles. The van der Waals surface area contributed by atoms with E-state index in [4.69, 9.17) is 5.26 Å². The van der Waals surface area contributed by atoms with Gasteiger partial charge in [-0.15, -0.1) is 0 Å². The Kier molecular flexibility index (Phi) is 3.60. The van der Waals surface area contributed by atoms with Crippen molar-refractivity contribution in [1.29, 1.82) is 5.26 Å². The molecule has 0 aliphatic heterocycles. The van der Waals surface area contributed by atoms with Crippen molar-refractivity contribution >= 4 is 11.0 Å². The van der Waals surface area contributed by atoms with Gasteiger partial charge in [0.2, 0.25) is 0 Å². The Bertz CT molecular complexity index is 793. The molecular weight excluding hydrogens is 266 g/mol. The summed E-state index contributed by atoms with van der Waals surface area (Å²) in [5.74, 6) is 0. The van der Waals surface area contributed by atoms with Gasteiger partial charge in [-0.05, 0) is 25.8 Å². The molecule has 1 N–H and O–H groups in total. The molecule has 3 aromatic heterocycles. The van der Waals surface area contributed by atoms with Crippen LogP contribution < -0.4 is 0 Å². The van der Waals surface area contributed by atoms with E-state index in [-0.39, 0.29) is 0 Å². The molecule has 0 saturated heterocycles. The van der Waals surface area contributed by atoms with Crippen LogP contribution in [-0.4, -0.2) is 29.9 Å². The number of hydrogen-bond acceptors (Lipinski definition) is 5. The summed E-state index contributed by atoms with van der Waals surface area (Å²) in [4.78, 5) is 13.3. The molecule has 106 valence electrons. The summed E-state index contributed by atoms with van der Waals surface area (Å²) in [6, 6.07) is 4.08. The van der Waals surface area contributed by atoms with Gasteiger partial charge in [-0.1, -0.05) is 0 Å². The molecule has 0 amide bonds. The van der Waals surface area contributed by atoms with Gasteiger partial charge in [0.15, 0.2) is 0 Å². The van der Waals surface area contributed by atoms with Crippen LogP contribution in [0.2, 0.25) is 0 Å². The summed E-state index contributed by atoms with van der Waals surface area (Å²) < 4.78 is 0. The van der Waals surface area contributed by atoms with Crippen LogP contribution in [0.25, 0.3) is 22.4 Å². The lowest BCUT2D eigenvalue weighted by atomic mass is 10.2. The highest BCUT2D eigenvalue weighted by atomic mass is 15.5. The summed E-state index contributed by atoms with van der Waals surface area (Å²) in [5, 5.41) is 18.4. The van der Waals surface area contributed by atoms with Gasteiger partial charge in [-0.25, -0.2) is 9.97 Å². The van der Waals surface area contributed by atoms with Crippen molar-refractivity contribution in [3.8, 4) is 17.5 Å². The largest absolute Gasteiger partial charge is 0.346 e. The second-order valence-electron chi connectivity index (χ2n) is 4.81. The predicted molar refractivity (Wildman–Crippen MR) is 77.1 cm³/mol. The molecule has 0 radical (unpaired) electrons. The Hall–Kier alpha value is -2.75. The molecule has 3 heterocycles. The van der Waals surface area contributed by atoms with Crippen LogP contribution >= 0.6 is 0 Å². The summed E-state index contributed by atoms with van der Waals surface area (Å²) in [7, 11) is 0. The third-order valence-electron chi connectivity index (χ3n) is 3.30. The lowest BCUT2D eigenvalue weighted by molar-refractivity contribution is 0.500. The first-order valence-electron chi connectivity index (χ1n) is 6.86. The highest BCUT2D eigenvalue weighted by Crippen LogP contribution is 2.24. The number of aromatic nitrogens is 6. The van der Waals surface area contributed by atoms with Crippen LogP contribution in [0.5, 0.6) is 0 Å². The molecule has 7 heteroatoms. The summed E-state index contributed by atoms with van der Waals surface area (Å²) in [5.41, 5.74) is 3.21. The Labute approximate surface area is 121 Å². The fraction of sp³-hybridized carbons (Fsp3) is 0.357. The highest BCUT2D eigenvalue weighted by molar-refractivity contribution is 5.89. The zero-order valence-corrected chi connectivity index (χ0v) is 11.7. The Morgan fingerprint density at radius 3 is 3.00 bits per heavy atom. The van der Waals surface area contributed by atoms with Gasteiger partial charge >= 0.3 is 0 Å². The number of nitrogens with one attached hydrogen (secondary N) is 1. The van der Waals surface area contributed by atoms with Gasteiger partial charge in [-0.2, -0.15) is 20.3 Å². The van der Waals surface area contributed by atoms with Crippen molar-refractivity contribution in [2.24, 2.45) is 0 Å². The van der Waals surface area contributed by atoms with Crippen LogP contribution in [0.3, 0.4) is 0 Å². The second-order valence-corrected chi connectivity index (χ2v) is 4.81. The van der Waals surface area contributed by atoms with Gasteiger partial charge in [0.05, 0.1) is 18.3 Å². The maximum atomic E-state index is 8.54. The molecule has 0 bridgehead atoms. The minimum absolute atomic E-state index is 0.572. The molecule has 0 aromatic carbocycles. The topological polar surface area (TPSA) is 96.1 Å². The van der Waals surface area contributed by atoms with Crippen LogP contribution in [0, 0.1) is 18.3 Å². The Morgan fingerprint density at radius 2 is 2.14 bits per heavy atom. The lowest BCUT2D eigenvalue weighted by Gasteiger charge is -1.98. The van der Waals surface area contributed by atoms with Gasteiger partial charge < -0.3 is 4.98 Å². The molecule has 0 atom stereocenters. The molecule has 0 spiro atoms. The van der Waals surface area contributed by atoms with Crippen molar-refractivity contribution in [3.05, 3.63) is 24.3 Å². The standard InChI is InChI=1S/C14H15N7/c1-10-12(20-21(19-10)8-4-2-3-6-15)13-11-5-7-16-14(11)18-9-17-13/h5,7,9H,2-4,8H2,1H3,(H,16,17,18). The highest BCUT2D eigenvalue weighted by Gasteiger charge is 2.14. The van der Waals surface area contributed by atoms with Crippen molar-refractivity contribution in [2.75, 3.05) is 0 Å². The number of aryl methyl sites for hydroxylation is 2. The number of H-pyrrole nitrogens is 1. The van der Waals surface area contributed by atoms with E-state index in [2.05, 4.69) is 31.2 Å². The van der Waals surface area contributed by atoms with Crippen molar-refractivity contribution in [1.82, 2.24) is 29.9 Å². The monoisotopic (exact) mass is 281 g/mol. The first-order valence-corrected chi connectivity index (χ1v) is 6.86. The number of hydrogen-bond donors (Lipinski definition) is 1. The minimum atomic E-state index is 0.572. The van der Waals surface area contributed by atoms with Gasteiger partial charge in [0.1, 0.15) is 23.4 Å². The number of rotatable bonds is 5. The molecule has 3 aromatic rings.